The molecule has 0 spiro atoms. The first-order valence-electron chi connectivity index (χ1n) is 9.88. The summed E-state index contributed by atoms with van der Waals surface area (Å²) in [7, 11) is -3.88. The van der Waals surface area contributed by atoms with E-state index in [4.69, 9.17) is 16.3 Å². The van der Waals surface area contributed by atoms with Crippen molar-refractivity contribution in [1.29, 1.82) is 0 Å². The van der Waals surface area contributed by atoms with Crippen LogP contribution in [0.25, 0.3) is 0 Å². The van der Waals surface area contributed by atoms with Crippen LogP contribution >= 0.6 is 11.6 Å². The number of aromatic amines is 1. The second-order valence-corrected chi connectivity index (χ2v) is 9.87. The van der Waals surface area contributed by atoms with Gasteiger partial charge < -0.3 is 4.74 Å². The molecule has 1 N–H and O–H groups in total. The van der Waals surface area contributed by atoms with Crippen molar-refractivity contribution in [2.45, 2.75) is 23.2 Å². The van der Waals surface area contributed by atoms with Crippen LogP contribution in [-0.2, 0) is 28.2 Å². The highest BCUT2D eigenvalue weighted by Crippen LogP contribution is 2.37. The van der Waals surface area contributed by atoms with Crippen molar-refractivity contribution in [3.8, 4) is 11.5 Å². The number of H-pyrrole nitrogens is 1. The molecule has 4 aromatic rings. The number of halogens is 5. The van der Waals surface area contributed by atoms with E-state index in [-0.39, 0.29) is 44.8 Å². The van der Waals surface area contributed by atoms with Crippen molar-refractivity contribution in [2.75, 3.05) is 0 Å². The normalized spacial score (nSPS) is 12.0. The molecule has 0 aliphatic heterocycles. The Bertz CT molecular complexity index is 1460. The molecule has 0 unspecified atom stereocenters. The lowest BCUT2D eigenvalue weighted by molar-refractivity contribution is -0.137. The van der Waals surface area contributed by atoms with E-state index >= 15 is 0 Å². The first-order valence-corrected chi connectivity index (χ1v) is 11.9. The van der Waals surface area contributed by atoms with Crippen LogP contribution in [0, 0.1) is 5.82 Å². The Kier molecular flexibility index (Phi) is 6.77. The minimum Gasteiger partial charge on any atom is -0.456 e. The van der Waals surface area contributed by atoms with Gasteiger partial charge in [0.05, 0.1) is 21.2 Å². The molecule has 1 aromatic heterocycles. The maximum Gasteiger partial charge on any atom is 0.416 e. The largest absolute Gasteiger partial charge is 0.456 e. The highest BCUT2D eigenvalue weighted by atomic mass is 35.5. The van der Waals surface area contributed by atoms with Crippen molar-refractivity contribution < 1.29 is 30.7 Å². The van der Waals surface area contributed by atoms with Gasteiger partial charge >= 0.3 is 6.18 Å². The van der Waals surface area contributed by atoms with Crippen molar-refractivity contribution >= 4 is 21.4 Å². The number of hydrogen-bond donors (Lipinski definition) is 1. The second-order valence-electron chi connectivity index (χ2n) is 7.47. The van der Waals surface area contributed by atoms with Gasteiger partial charge in [-0.1, -0.05) is 23.7 Å². The lowest BCUT2D eigenvalue weighted by Gasteiger charge is -2.14. The third-order valence-electron chi connectivity index (χ3n) is 4.79. The molecule has 0 radical (unpaired) electrons. The topological polar surface area (TPSA) is 97.8 Å². The van der Waals surface area contributed by atoms with Gasteiger partial charge in [-0.15, -0.1) is 5.10 Å². The van der Waals surface area contributed by atoms with Crippen LogP contribution in [-0.4, -0.2) is 29.0 Å². The molecule has 0 aliphatic rings. The molecular formula is C22H15ClF4N4O3S. The number of sulfone groups is 1. The summed E-state index contributed by atoms with van der Waals surface area (Å²) in [6, 6.07) is 11.9. The first-order chi connectivity index (χ1) is 16.5. The molecular weight excluding hydrogens is 512 g/mol. The van der Waals surface area contributed by atoms with Crippen molar-refractivity contribution in [1.82, 2.24) is 20.6 Å². The van der Waals surface area contributed by atoms with Crippen molar-refractivity contribution in [3.63, 3.8) is 0 Å². The lowest BCUT2D eigenvalue weighted by atomic mass is 10.1. The van der Waals surface area contributed by atoms with Gasteiger partial charge in [-0.05, 0) is 70.1 Å². The van der Waals surface area contributed by atoms with Crippen LogP contribution in [0.1, 0.15) is 22.5 Å². The maximum atomic E-state index is 13.4. The minimum absolute atomic E-state index is 0.0156. The number of alkyl halides is 3. The summed E-state index contributed by atoms with van der Waals surface area (Å²) in [5.74, 6) is -1.00. The number of ether oxygens (including phenoxy) is 1. The Labute approximate surface area is 201 Å². The smallest absolute Gasteiger partial charge is 0.416 e. The number of hydrogen-bond acceptors (Lipinski definition) is 6. The average molecular weight is 527 g/mol. The summed E-state index contributed by atoms with van der Waals surface area (Å²) >= 11 is 6.19. The Balaban J connectivity index is 1.60. The van der Waals surface area contributed by atoms with Gasteiger partial charge in [0.15, 0.2) is 15.7 Å². The molecule has 35 heavy (non-hydrogen) atoms. The second kappa shape index (κ2) is 9.62. The monoisotopic (exact) mass is 526 g/mol. The summed E-state index contributed by atoms with van der Waals surface area (Å²) in [5.41, 5.74) is -0.485. The Morgan fingerprint density at radius 3 is 2.46 bits per heavy atom. The average Bonchev–Trinajstić information content (AvgIpc) is 3.27. The highest BCUT2D eigenvalue weighted by molar-refractivity contribution is 7.90. The van der Waals surface area contributed by atoms with Crippen LogP contribution in [0.5, 0.6) is 11.5 Å². The molecule has 13 heteroatoms. The Morgan fingerprint density at radius 2 is 1.80 bits per heavy atom. The predicted octanol–water partition coefficient (Wildman–Crippen LogP) is 5.37. The summed E-state index contributed by atoms with van der Waals surface area (Å²) in [5, 5.41) is 12.8. The van der Waals surface area contributed by atoms with Crippen LogP contribution in [0.4, 0.5) is 17.6 Å². The number of nitrogens with zero attached hydrogens (tertiary/aromatic N) is 3. The molecule has 0 saturated carbocycles. The van der Waals surface area contributed by atoms with Gasteiger partial charge in [-0.3, -0.25) is 0 Å². The number of nitrogens with one attached hydrogen (secondary N) is 1. The van der Waals surface area contributed by atoms with E-state index in [1.54, 1.807) is 0 Å². The van der Waals surface area contributed by atoms with E-state index in [0.29, 0.717) is 0 Å². The highest BCUT2D eigenvalue weighted by Gasteiger charge is 2.31. The third kappa shape index (κ3) is 6.14. The van der Waals surface area contributed by atoms with Gasteiger partial charge in [0.2, 0.25) is 0 Å². The maximum absolute atomic E-state index is 13.4. The van der Waals surface area contributed by atoms with Gasteiger partial charge in [0.25, 0.3) is 0 Å². The minimum atomic E-state index is -4.65. The van der Waals surface area contributed by atoms with Gasteiger partial charge in [-0.25, -0.2) is 17.9 Å². The fraction of sp³-hybridized carbons (Fsp3) is 0.136. The van der Waals surface area contributed by atoms with E-state index in [0.717, 1.165) is 24.3 Å². The lowest BCUT2D eigenvalue weighted by Crippen LogP contribution is -2.07. The molecule has 0 saturated heterocycles. The molecule has 0 fully saturated rings. The molecule has 7 nitrogen and oxygen atoms in total. The molecule has 0 aliphatic carbocycles. The number of tetrazole rings is 1. The van der Waals surface area contributed by atoms with E-state index < -0.39 is 33.1 Å². The fourth-order valence-corrected chi connectivity index (χ4v) is 4.89. The van der Waals surface area contributed by atoms with Crippen LogP contribution in [0.15, 0.2) is 65.6 Å². The summed E-state index contributed by atoms with van der Waals surface area (Å²) in [4.78, 5) is -0.151. The zero-order valence-corrected chi connectivity index (χ0v) is 19.1. The zero-order valence-electron chi connectivity index (χ0n) is 17.6. The number of aromatic nitrogens is 4. The standard InChI is InChI=1S/C22H15ClF4N4O3S/c23-19-11-18(35(32,33)12-13-2-1-3-16(24)7-13)4-5-20(19)34-17-8-14(9-21-28-30-31-29-21)6-15(10-17)22(25,26)27/h1-8,10-11H,9,12H2,(H,28,29,30,31). The summed E-state index contributed by atoms with van der Waals surface area (Å²) in [6.07, 6.45) is -4.66. The summed E-state index contributed by atoms with van der Waals surface area (Å²) in [6.45, 7) is 0. The SMILES string of the molecule is O=S(=O)(Cc1cccc(F)c1)c1ccc(Oc2cc(Cc3nnn[nH]3)cc(C(F)(F)F)c2)c(Cl)c1. The van der Waals surface area contributed by atoms with Gasteiger partial charge in [-0.2, -0.15) is 13.2 Å². The predicted molar refractivity (Wildman–Crippen MR) is 117 cm³/mol. The Morgan fingerprint density at radius 1 is 1.00 bits per heavy atom. The molecule has 4 rings (SSSR count). The summed E-state index contributed by atoms with van der Waals surface area (Å²) < 4.78 is 84.6. The first kappa shape index (κ1) is 24.6. The molecule has 0 bridgehead atoms. The molecule has 0 amide bonds. The fourth-order valence-electron chi connectivity index (χ4n) is 3.25. The Hall–Kier alpha value is -3.51. The van der Waals surface area contributed by atoms with E-state index in [1.807, 2.05) is 0 Å². The van der Waals surface area contributed by atoms with Gasteiger partial charge in [0.1, 0.15) is 17.3 Å². The molecule has 182 valence electrons. The molecule has 1 heterocycles. The molecule has 3 aromatic carbocycles. The van der Waals surface area contributed by atoms with E-state index in [2.05, 4.69) is 20.6 Å². The van der Waals surface area contributed by atoms with Crippen LogP contribution < -0.4 is 4.74 Å². The van der Waals surface area contributed by atoms with Gasteiger partial charge in [0, 0.05) is 6.42 Å². The molecule has 0 atom stereocenters. The van der Waals surface area contributed by atoms with Crippen LogP contribution in [0.3, 0.4) is 0 Å². The van der Waals surface area contributed by atoms with Crippen molar-refractivity contribution in [2.24, 2.45) is 0 Å². The zero-order chi connectivity index (χ0) is 25.2. The van der Waals surface area contributed by atoms with Crippen molar-refractivity contribution in [3.05, 3.63) is 94.0 Å². The number of rotatable bonds is 7. The quantitative estimate of drug-likeness (QED) is 0.325. The number of benzene rings is 3. The van der Waals surface area contributed by atoms with E-state index in [9.17, 15) is 26.0 Å². The van der Waals surface area contributed by atoms with Crippen LogP contribution in [0.2, 0.25) is 5.02 Å². The third-order valence-corrected chi connectivity index (χ3v) is 6.77. The van der Waals surface area contributed by atoms with E-state index in [1.165, 1.54) is 36.4 Å².